The Morgan fingerprint density at radius 1 is 1.12 bits per heavy atom. The SMILES string of the molecule is C/C(=C\c1ccccc1)C(=O)NCCn1nnc2ccccc2c1=O. The van der Waals surface area contributed by atoms with Crippen molar-refractivity contribution in [2.24, 2.45) is 0 Å². The summed E-state index contributed by atoms with van der Waals surface area (Å²) in [7, 11) is 0. The lowest BCUT2D eigenvalue weighted by Gasteiger charge is -2.07. The van der Waals surface area contributed by atoms with Crippen molar-refractivity contribution in [2.75, 3.05) is 6.54 Å². The maximum Gasteiger partial charge on any atom is 0.277 e. The highest BCUT2D eigenvalue weighted by molar-refractivity contribution is 5.97. The van der Waals surface area contributed by atoms with Crippen LogP contribution in [0.15, 0.2) is 65.0 Å². The van der Waals surface area contributed by atoms with E-state index >= 15 is 0 Å². The third-order valence-electron chi connectivity index (χ3n) is 3.78. The zero-order valence-corrected chi connectivity index (χ0v) is 13.8. The van der Waals surface area contributed by atoms with Gasteiger partial charge in [0.1, 0.15) is 5.52 Å². The van der Waals surface area contributed by atoms with E-state index in [4.69, 9.17) is 0 Å². The molecular formula is C19H18N4O2. The van der Waals surface area contributed by atoms with Crippen molar-refractivity contribution < 1.29 is 4.79 Å². The summed E-state index contributed by atoms with van der Waals surface area (Å²) in [5.74, 6) is -0.175. The minimum Gasteiger partial charge on any atom is -0.350 e. The van der Waals surface area contributed by atoms with Gasteiger partial charge in [0.15, 0.2) is 0 Å². The lowest BCUT2D eigenvalue weighted by molar-refractivity contribution is -0.117. The fraction of sp³-hybridized carbons (Fsp3) is 0.158. The van der Waals surface area contributed by atoms with Crippen LogP contribution in [-0.2, 0) is 11.3 Å². The Morgan fingerprint density at radius 3 is 2.64 bits per heavy atom. The second-order valence-corrected chi connectivity index (χ2v) is 5.63. The van der Waals surface area contributed by atoms with Crippen LogP contribution >= 0.6 is 0 Å². The molecule has 1 N–H and O–H groups in total. The molecule has 0 saturated carbocycles. The van der Waals surface area contributed by atoms with Gasteiger partial charge < -0.3 is 5.32 Å². The fourth-order valence-electron chi connectivity index (χ4n) is 2.45. The second kappa shape index (κ2) is 7.53. The van der Waals surface area contributed by atoms with Crippen LogP contribution in [0.2, 0.25) is 0 Å². The van der Waals surface area contributed by atoms with E-state index in [9.17, 15) is 9.59 Å². The molecule has 6 nitrogen and oxygen atoms in total. The predicted molar refractivity (Wildman–Crippen MR) is 96.9 cm³/mol. The van der Waals surface area contributed by atoms with E-state index in [1.165, 1.54) is 4.68 Å². The van der Waals surface area contributed by atoms with Gasteiger partial charge >= 0.3 is 0 Å². The molecular weight excluding hydrogens is 316 g/mol. The number of hydrogen-bond acceptors (Lipinski definition) is 4. The average Bonchev–Trinajstić information content (AvgIpc) is 2.64. The van der Waals surface area contributed by atoms with E-state index in [2.05, 4.69) is 15.6 Å². The Bertz CT molecular complexity index is 977. The number of carbonyl (C=O) groups excluding carboxylic acids is 1. The van der Waals surface area contributed by atoms with Gasteiger partial charge in [0.2, 0.25) is 5.91 Å². The zero-order chi connectivity index (χ0) is 17.6. The van der Waals surface area contributed by atoms with Crippen LogP contribution in [-0.4, -0.2) is 27.4 Å². The van der Waals surface area contributed by atoms with Crippen molar-refractivity contribution in [3.63, 3.8) is 0 Å². The summed E-state index contributed by atoms with van der Waals surface area (Å²) in [6, 6.07) is 16.7. The zero-order valence-electron chi connectivity index (χ0n) is 13.8. The number of benzene rings is 2. The van der Waals surface area contributed by atoms with Crippen LogP contribution in [0.4, 0.5) is 0 Å². The van der Waals surface area contributed by atoms with Crippen LogP contribution in [0, 0.1) is 0 Å². The summed E-state index contributed by atoms with van der Waals surface area (Å²) in [6.07, 6.45) is 1.82. The summed E-state index contributed by atoms with van der Waals surface area (Å²) in [5, 5.41) is 11.2. The van der Waals surface area contributed by atoms with E-state index in [1.54, 1.807) is 25.1 Å². The molecule has 6 heteroatoms. The molecule has 0 saturated heterocycles. The molecule has 1 heterocycles. The van der Waals surface area contributed by atoms with Crippen molar-refractivity contribution in [3.8, 4) is 0 Å². The van der Waals surface area contributed by atoms with Gasteiger partial charge in [0.05, 0.1) is 11.9 Å². The molecule has 0 aliphatic carbocycles. The Balaban J connectivity index is 1.63. The highest BCUT2D eigenvalue weighted by Crippen LogP contribution is 2.06. The topological polar surface area (TPSA) is 76.9 Å². The van der Waals surface area contributed by atoms with Gasteiger partial charge in [-0.05, 0) is 30.7 Å². The number of rotatable bonds is 5. The molecule has 2 aromatic carbocycles. The van der Waals surface area contributed by atoms with Crippen molar-refractivity contribution in [1.29, 1.82) is 0 Å². The molecule has 1 amide bonds. The summed E-state index contributed by atoms with van der Waals surface area (Å²) < 4.78 is 1.26. The van der Waals surface area contributed by atoms with Gasteiger partial charge in [0, 0.05) is 12.1 Å². The molecule has 0 unspecified atom stereocenters. The quantitative estimate of drug-likeness (QED) is 0.724. The van der Waals surface area contributed by atoms with Gasteiger partial charge in [-0.25, -0.2) is 4.68 Å². The molecule has 25 heavy (non-hydrogen) atoms. The van der Waals surface area contributed by atoms with Crippen molar-refractivity contribution in [2.45, 2.75) is 13.5 Å². The molecule has 1 aromatic heterocycles. The maximum atomic E-state index is 12.3. The minimum absolute atomic E-state index is 0.175. The average molecular weight is 334 g/mol. The molecule has 0 spiro atoms. The maximum absolute atomic E-state index is 12.3. The highest BCUT2D eigenvalue weighted by Gasteiger charge is 2.07. The molecule has 0 radical (unpaired) electrons. The van der Waals surface area contributed by atoms with E-state index in [1.807, 2.05) is 42.5 Å². The molecule has 3 aromatic rings. The summed E-state index contributed by atoms with van der Waals surface area (Å²) in [6.45, 7) is 2.32. The van der Waals surface area contributed by atoms with Gasteiger partial charge in [0.25, 0.3) is 5.56 Å². The van der Waals surface area contributed by atoms with E-state index in [0.29, 0.717) is 23.0 Å². The summed E-state index contributed by atoms with van der Waals surface area (Å²) in [4.78, 5) is 24.4. The normalized spacial score (nSPS) is 11.5. The molecule has 0 aliphatic rings. The second-order valence-electron chi connectivity index (χ2n) is 5.63. The van der Waals surface area contributed by atoms with Crippen LogP contribution in [0.25, 0.3) is 17.0 Å². The fourth-order valence-corrected chi connectivity index (χ4v) is 2.45. The van der Waals surface area contributed by atoms with Crippen molar-refractivity contribution in [3.05, 3.63) is 76.1 Å². The minimum atomic E-state index is -0.212. The standard InChI is InChI=1S/C19H18N4O2/c1-14(13-15-7-3-2-4-8-15)18(24)20-11-12-23-19(25)16-9-5-6-10-17(16)21-22-23/h2-10,13H,11-12H2,1H3,(H,20,24)/b14-13+. The number of nitrogens with one attached hydrogen (secondary N) is 1. The number of carbonyl (C=O) groups is 1. The number of amides is 1. The van der Waals surface area contributed by atoms with Crippen LogP contribution in [0.1, 0.15) is 12.5 Å². The lowest BCUT2D eigenvalue weighted by Crippen LogP contribution is -2.32. The van der Waals surface area contributed by atoms with Crippen LogP contribution in [0.3, 0.4) is 0 Å². The third-order valence-corrected chi connectivity index (χ3v) is 3.78. The number of nitrogens with zero attached hydrogens (tertiary/aromatic N) is 3. The van der Waals surface area contributed by atoms with Crippen LogP contribution < -0.4 is 10.9 Å². The van der Waals surface area contributed by atoms with E-state index in [-0.39, 0.29) is 18.0 Å². The molecule has 0 fully saturated rings. The number of aromatic nitrogens is 3. The lowest BCUT2D eigenvalue weighted by atomic mass is 10.1. The van der Waals surface area contributed by atoms with Crippen molar-refractivity contribution >= 4 is 22.9 Å². The molecule has 3 rings (SSSR count). The van der Waals surface area contributed by atoms with Gasteiger partial charge in [-0.15, -0.1) is 5.10 Å². The summed E-state index contributed by atoms with van der Waals surface area (Å²) >= 11 is 0. The van der Waals surface area contributed by atoms with Gasteiger partial charge in [-0.1, -0.05) is 47.7 Å². The summed E-state index contributed by atoms with van der Waals surface area (Å²) in [5.41, 5.74) is 1.92. The monoisotopic (exact) mass is 334 g/mol. The Morgan fingerprint density at radius 2 is 1.84 bits per heavy atom. The Hall–Kier alpha value is -3.28. The number of hydrogen-bond donors (Lipinski definition) is 1. The largest absolute Gasteiger partial charge is 0.350 e. The molecule has 126 valence electrons. The first-order valence-corrected chi connectivity index (χ1v) is 7.99. The van der Waals surface area contributed by atoms with E-state index in [0.717, 1.165) is 5.56 Å². The van der Waals surface area contributed by atoms with E-state index < -0.39 is 0 Å². The molecule has 0 atom stereocenters. The van der Waals surface area contributed by atoms with Gasteiger partial charge in [-0.3, -0.25) is 9.59 Å². The van der Waals surface area contributed by atoms with Gasteiger partial charge in [-0.2, -0.15) is 0 Å². The first-order chi connectivity index (χ1) is 12.1. The van der Waals surface area contributed by atoms with Crippen LogP contribution in [0.5, 0.6) is 0 Å². The molecule has 0 aliphatic heterocycles. The first-order valence-electron chi connectivity index (χ1n) is 7.99. The third kappa shape index (κ3) is 3.98. The first kappa shape index (κ1) is 16.6. The Kier molecular flexibility index (Phi) is 4.99. The predicted octanol–water partition coefficient (Wildman–Crippen LogP) is 2.01. The van der Waals surface area contributed by atoms with Crippen molar-refractivity contribution in [1.82, 2.24) is 20.3 Å². The Labute approximate surface area is 144 Å². The smallest absolute Gasteiger partial charge is 0.277 e. The highest BCUT2D eigenvalue weighted by atomic mass is 16.2. The molecule has 0 bridgehead atoms. The number of fused-ring (bicyclic) bond motifs is 1.